The van der Waals surface area contributed by atoms with E-state index in [-0.39, 0.29) is 17.9 Å². The van der Waals surface area contributed by atoms with E-state index < -0.39 is 6.10 Å². The number of aryl methyl sites for hydroxylation is 2. The molecule has 1 saturated carbocycles. The zero-order valence-corrected chi connectivity index (χ0v) is 15.3. The van der Waals surface area contributed by atoms with Crippen LogP contribution in [0.25, 0.3) is 0 Å². The third kappa shape index (κ3) is 4.38. The second kappa shape index (κ2) is 8.15. The van der Waals surface area contributed by atoms with Gasteiger partial charge in [-0.1, -0.05) is 25.7 Å². The normalized spacial score (nSPS) is 19.9. The first-order chi connectivity index (χ1) is 11.6. The Labute approximate surface area is 148 Å². The molecule has 0 saturated heterocycles. The van der Waals surface area contributed by atoms with E-state index in [9.17, 15) is 9.59 Å². The molecule has 1 heterocycles. The van der Waals surface area contributed by atoms with E-state index in [1.807, 2.05) is 6.07 Å². The average Bonchev–Trinajstić information content (AvgIpc) is 3.17. The Bertz CT molecular complexity index is 564. The Balaban J connectivity index is 1.57. The van der Waals surface area contributed by atoms with E-state index in [1.165, 1.54) is 49.0 Å². The third-order valence-electron chi connectivity index (χ3n) is 5.05. The summed E-state index contributed by atoms with van der Waals surface area (Å²) in [5, 5.41) is 2.99. The minimum Gasteiger partial charge on any atom is -0.448 e. The molecule has 1 atom stereocenters. The molecule has 0 bridgehead atoms. The Morgan fingerprint density at radius 3 is 2.58 bits per heavy atom. The van der Waals surface area contributed by atoms with Gasteiger partial charge in [0, 0.05) is 10.9 Å². The second-order valence-corrected chi connectivity index (χ2v) is 8.15. The average molecular weight is 349 g/mol. The molecule has 1 aromatic heterocycles. The highest BCUT2D eigenvalue weighted by molar-refractivity contribution is 7.14. The van der Waals surface area contributed by atoms with Gasteiger partial charge in [-0.05, 0) is 57.1 Å². The minimum atomic E-state index is -0.734. The van der Waals surface area contributed by atoms with Crippen molar-refractivity contribution in [2.75, 3.05) is 0 Å². The Hall–Kier alpha value is -1.36. The van der Waals surface area contributed by atoms with E-state index in [4.69, 9.17) is 4.74 Å². The molecule has 0 spiro atoms. The number of carbonyl (C=O) groups is 2. The highest BCUT2D eigenvalue weighted by Crippen LogP contribution is 2.29. The number of nitrogens with one attached hydrogen (secondary N) is 1. The number of fused-ring (bicyclic) bond motifs is 1. The summed E-state index contributed by atoms with van der Waals surface area (Å²) in [6.07, 6.45) is 10.7. The fraction of sp³-hybridized carbons (Fsp3) is 0.684. The molecule has 0 radical (unpaired) electrons. The lowest BCUT2D eigenvalue weighted by atomic mass is 10.00. The third-order valence-corrected chi connectivity index (χ3v) is 6.27. The van der Waals surface area contributed by atoms with Crippen molar-refractivity contribution in [1.82, 2.24) is 5.32 Å². The van der Waals surface area contributed by atoms with Gasteiger partial charge in [-0.3, -0.25) is 4.79 Å². The lowest BCUT2D eigenvalue weighted by Gasteiger charge is -2.16. The molecule has 1 aromatic rings. The van der Waals surface area contributed by atoms with Gasteiger partial charge in [-0.2, -0.15) is 0 Å². The van der Waals surface area contributed by atoms with Crippen LogP contribution in [0.1, 0.15) is 78.4 Å². The molecule has 1 unspecified atom stereocenters. The zero-order valence-electron chi connectivity index (χ0n) is 14.4. The molecule has 2 aliphatic carbocycles. The number of rotatable bonds is 4. The van der Waals surface area contributed by atoms with Crippen molar-refractivity contribution in [3.8, 4) is 0 Å². The van der Waals surface area contributed by atoms with Crippen molar-refractivity contribution in [1.29, 1.82) is 0 Å². The van der Waals surface area contributed by atoms with Gasteiger partial charge in [0.15, 0.2) is 6.10 Å². The topological polar surface area (TPSA) is 55.4 Å². The quantitative estimate of drug-likeness (QED) is 0.836. The van der Waals surface area contributed by atoms with Crippen LogP contribution >= 0.6 is 11.3 Å². The maximum Gasteiger partial charge on any atom is 0.349 e. The summed E-state index contributed by atoms with van der Waals surface area (Å²) in [7, 11) is 0. The first-order valence-corrected chi connectivity index (χ1v) is 10.1. The standard InChI is InChI=1S/C19H27NO3S/c1-13(18(21)20-15-9-6-7-10-15)23-19(22)17-12-14-8-4-2-3-5-11-16(14)24-17/h12-13,15H,2-11H2,1H3,(H,20,21). The van der Waals surface area contributed by atoms with Crippen LogP contribution in [-0.4, -0.2) is 24.0 Å². The smallest absolute Gasteiger partial charge is 0.349 e. The highest BCUT2D eigenvalue weighted by atomic mass is 32.1. The molecule has 1 amide bonds. The second-order valence-electron chi connectivity index (χ2n) is 7.01. The molecular formula is C19H27NO3S. The van der Waals surface area contributed by atoms with Crippen molar-refractivity contribution in [2.45, 2.75) is 83.3 Å². The molecule has 132 valence electrons. The summed E-state index contributed by atoms with van der Waals surface area (Å²) in [4.78, 5) is 26.5. The van der Waals surface area contributed by atoms with Gasteiger partial charge in [0.1, 0.15) is 4.88 Å². The van der Waals surface area contributed by atoms with Crippen LogP contribution in [0.5, 0.6) is 0 Å². The van der Waals surface area contributed by atoms with Crippen molar-refractivity contribution in [3.63, 3.8) is 0 Å². The fourth-order valence-corrected chi connectivity index (χ4v) is 4.74. The number of hydrogen-bond acceptors (Lipinski definition) is 4. The number of thiophene rings is 1. The predicted molar refractivity (Wildman–Crippen MR) is 95.5 cm³/mol. The molecule has 0 aromatic carbocycles. The van der Waals surface area contributed by atoms with Gasteiger partial charge in [-0.15, -0.1) is 11.3 Å². The van der Waals surface area contributed by atoms with Gasteiger partial charge in [0.05, 0.1) is 0 Å². The lowest BCUT2D eigenvalue weighted by Crippen LogP contribution is -2.40. The van der Waals surface area contributed by atoms with Crippen molar-refractivity contribution < 1.29 is 14.3 Å². The Morgan fingerprint density at radius 2 is 1.83 bits per heavy atom. The van der Waals surface area contributed by atoms with Gasteiger partial charge in [0.2, 0.25) is 0 Å². The van der Waals surface area contributed by atoms with Gasteiger partial charge in [-0.25, -0.2) is 4.79 Å². The summed E-state index contributed by atoms with van der Waals surface area (Å²) >= 11 is 1.55. The molecule has 2 aliphatic rings. The summed E-state index contributed by atoms with van der Waals surface area (Å²) in [6, 6.07) is 2.23. The molecular weight excluding hydrogens is 322 g/mol. The van der Waals surface area contributed by atoms with Crippen molar-refractivity contribution in [2.24, 2.45) is 0 Å². The summed E-state index contributed by atoms with van der Waals surface area (Å²) in [6.45, 7) is 1.66. The maximum absolute atomic E-state index is 12.4. The molecule has 5 heteroatoms. The molecule has 1 N–H and O–H groups in total. The Morgan fingerprint density at radius 1 is 1.12 bits per heavy atom. The van der Waals surface area contributed by atoms with Gasteiger partial charge in [0.25, 0.3) is 5.91 Å². The minimum absolute atomic E-state index is 0.176. The number of carbonyl (C=O) groups excluding carboxylic acids is 2. The number of esters is 1. The van der Waals surface area contributed by atoms with Crippen LogP contribution < -0.4 is 5.32 Å². The van der Waals surface area contributed by atoms with E-state index in [0.29, 0.717) is 4.88 Å². The molecule has 0 aliphatic heterocycles. The van der Waals surface area contributed by atoms with Crippen LogP contribution in [0.15, 0.2) is 6.07 Å². The van der Waals surface area contributed by atoms with Crippen molar-refractivity contribution >= 4 is 23.2 Å². The summed E-state index contributed by atoms with van der Waals surface area (Å²) in [5.74, 6) is -0.536. The number of amides is 1. The first-order valence-electron chi connectivity index (χ1n) is 9.26. The predicted octanol–water partition coefficient (Wildman–Crippen LogP) is 4.01. The number of ether oxygens (including phenoxy) is 1. The Kier molecular flexibility index (Phi) is 5.93. The van der Waals surface area contributed by atoms with E-state index in [0.717, 1.165) is 25.7 Å². The SMILES string of the molecule is CC(OC(=O)c1cc2c(s1)CCCCCC2)C(=O)NC1CCCC1. The number of hydrogen-bond donors (Lipinski definition) is 1. The van der Waals surface area contributed by atoms with Crippen LogP contribution in [0.4, 0.5) is 0 Å². The molecule has 1 fully saturated rings. The highest BCUT2D eigenvalue weighted by Gasteiger charge is 2.25. The van der Waals surface area contributed by atoms with Gasteiger partial charge < -0.3 is 10.1 Å². The zero-order chi connectivity index (χ0) is 16.9. The van der Waals surface area contributed by atoms with Crippen LogP contribution in [-0.2, 0) is 22.4 Å². The van der Waals surface area contributed by atoms with Crippen molar-refractivity contribution in [3.05, 3.63) is 21.4 Å². The molecule has 3 rings (SSSR count). The van der Waals surface area contributed by atoms with Gasteiger partial charge >= 0.3 is 5.97 Å². The monoisotopic (exact) mass is 349 g/mol. The van der Waals surface area contributed by atoms with Crippen LogP contribution in [0, 0.1) is 0 Å². The lowest BCUT2D eigenvalue weighted by molar-refractivity contribution is -0.129. The van der Waals surface area contributed by atoms with E-state index in [1.54, 1.807) is 18.3 Å². The summed E-state index contributed by atoms with van der Waals surface area (Å²) < 4.78 is 5.41. The van der Waals surface area contributed by atoms with Crippen LogP contribution in [0.3, 0.4) is 0 Å². The molecule has 24 heavy (non-hydrogen) atoms. The van der Waals surface area contributed by atoms with Crippen LogP contribution in [0.2, 0.25) is 0 Å². The first kappa shape index (κ1) is 17.5. The maximum atomic E-state index is 12.4. The molecule has 4 nitrogen and oxygen atoms in total. The largest absolute Gasteiger partial charge is 0.448 e. The van der Waals surface area contributed by atoms with E-state index in [2.05, 4.69) is 5.32 Å². The summed E-state index contributed by atoms with van der Waals surface area (Å²) in [5.41, 5.74) is 1.30. The van der Waals surface area contributed by atoms with E-state index >= 15 is 0 Å². The fourth-order valence-electron chi connectivity index (χ4n) is 3.61.